The zero-order chi connectivity index (χ0) is 13.7. The first-order valence-electron chi connectivity index (χ1n) is 5.25. The molecule has 1 aromatic carbocycles. The average Bonchev–Trinajstić information content (AvgIpc) is 2.90. The Morgan fingerprint density at radius 3 is 2.84 bits per heavy atom. The second-order valence-corrected chi connectivity index (χ2v) is 4.42. The molecular weight excluding hydrogens is 268 g/mol. The summed E-state index contributed by atoms with van der Waals surface area (Å²) in [4.78, 5) is 26.4. The predicted molar refractivity (Wildman–Crippen MR) is 66.5 cm³/mol. The Morgan fingerprint density at radius 2 is 2.16 bits per heavy atom. The molecule has 1 heterocycles. The Hall–Kier alpha value is -2.35. The smallest absolute Gasteiger partial charge is 0.234 e. The number of anilines is 1. The van der Waals surface area contributed by atoms with Gasteiger partial charge in [-0.1, -0.05) is 30.0 Å². The lowest BCUT2D eigenvalue weighted by Crippen LogP contribution is -2.25. The van der Waals surface area contributed by atoms with Crippen molar-refractivity contribution in [2.75, 3.05) is 11.1 Å². The Labute approximate surface area is 112 Å². The number of benzene rings is 1. The number of thioether (sulfide) groups is 1. The van der Waals surface area contributed by atoms with Gasteiger partial charge in [-0.05, 0) is 6.07 Å². The van der Waals surface area contributed by atoms with Crippen LogP contribution in [0.25, 0.3) is 0 Å². The molecule has 0 aliphatic rings. The molecule has 0 spiro atoms. The fraction of sp³-hybridized carbons (Fsp3) is 0.0909. The van der Waals surface area contributed by atoms with E-state index < -0.39 is 5.97 Å². The highest BCUT2D eigenvalue weighted by Gasteiger charge is 2.08. The van der Waals surface area contributed by atoms with Crippen LogP contribution in [0.3, 0.4) is 0 Å². The first kappa shape index (κ1) is 13.1. The minimum absolute atomic E-state index is 0.0551. The molecule has 0 radical (unpaired) electrons. The number of nitrogens with one attached hydrogen (secondary N) is 2. The number of carboxylic acids is 1. The van der Waals surface area contributed by atoms with Crippen molar-refractivity contribution >= 4 is 29.3 Å². The van der Waals surface area contributed by atoms with Crippen LogP contribution in [0.4, 0.5) is 5.69 Å². The van der Waals surface area contributed by atoms with Gasteiger partial charge in [0.05, 0.1) is 11.7 Å². The van der Waals surface area contributed by atoms with Crippen LogP contribution in [0, 0.1) is 0 Å². The van der Waals surface area contributed by atoms with Crippen molar-refractivity contribution in [1.82, 2.24) is 15.2 Å². The summed E-state index contributed by atoms with van der Waals surface area (Å²) in [7, 11) is 0. The molecule has 7 nitrogen and oxygen atoms in total. The summed E-state index contributed by atoms with van der Waals surface area (Å²) in [6, 6.07) is 6.06. The number of aromatic amines is 1. The summed E-state index contributed by atoms with van der Waals surface area (Å²) < 4.78 is 0. The van der Waals surface area contributed by atoms with E-state index in [0.717, 1.165) is 11.8 Å². The molecular formula is C11H9N4O3S-. The van der Waals surface area contributed by atoms with Gasteiger partial charge >= 0.3 is 0 Å². The fourth-order valence-corrected chi connectivity index (χ4v) is 1.93. The molecule has 0 aliphatic carbocycles. The van der Waals surface area contributed by atoms with E-state index in [1.165, 1.54) is 18.5 Å². The normalized spacial score (nSPS) is 10.1. The third-order valence-electron chi connectivity index (χ3n) is 2.15. The number of hydrogen-bond acceptors (Lipinski definition) is 6. The van der Waals surface area contributed by atoms with E-state index in [1.54, 1.807) is 12.1 Å². The molecule has 1 aromatic heterocycles. The van der Waals surface area contributed by atoms with Crippen molar-refractivity contribution in [3.63, 3.8) is 0 Å². The van der Waals surface area contributed by atoms with Gasteiger partial charge in [0.15, 0.2) is 5.16 Å². The molecule has 0 fully saturated rings. The van der Waals surface area contributed by atoms with Gasteiger partial charge in [0.2, 0.25) is 5.91 Å². The Bertz CT molecular complexity index is 585. The number of rotatable bonds is 5. The van der Waals surface area contributed by atoms with E-state index in [2.05, 4.69) is 20.5 Å². The van der Waals surface area contributed by atoms with Crippen LogP contribution in [0.15, 0.2) is 35.7 Å². The second-order valence-electron chi connectivity index (χ2n) is 3.46. The minimum Gasteiger partial charge on any atom is -0.545 e. The number of amides is 1. The molecule has 0 atom stereocenters. The summed E-state index contributed by atoms with van der Waals surface area (Å²) in [5.41, 5.74) is 0.159. The van der Waals surface area contributed by atoms with Crippen molar-refractivity contribution in [1.29, 1.82) is 0 Å². The first-order valence-corrected chi connectivity index (χ1v) is 6.24. The Kier molecular flexibility index (Phi) is 4.14. The topological polar surface area (TPSA) is 111 Å². The van der Waals surface area contributed by atoms with E-state index >= 15 is 0 Å². The van der Waals surface area contributed by atoms with Gasteiger partial charge in [-0.15, -0.1) is 0 Å². The maximum Gasteiger partial charge on any atom is 0.234 e. The number of aromatic nitrogens is 3. The molecule has 0 saturated carbocycles. The van der Waals surface area contributed by atoms with Gasteiger partial charge in [-0.3, -0.25) is 9.89 Å². The average molecular weight is 277 g/mol. The van der Waals surface area contributed by atoms with Crippen LogP contribution < -0.4 is 10.4 Å². The van der Waals surface area contributed by atoms with Gasteiger partial charge in [-0.2, -0.15) is 5.10 Å². The van der Waals surface area contributed by atoms with Gasteiger partial charge in [0, 0.05) is 11.3 Å². The maximum absolute atomic E-state index is 11.7. The molecule has 98 valence electrons. The molecule has 0 aliphatic heterocycles. The van der Waals surface area contributed by atoms with Gasteiger partial charge in [0.25, 0.3) is 0 Å². The van der Waals surface area contributed by atoms with E-state index in [0.29, 0.717) is 5.16 Å². The van der Waals surface area contributed by atoms with Crippen LogP contribution in [-0.4, -0.2) is 32.8 Å². The van der Waals surface area contributed by atoms with Gasteiger partial charge in [0.1, 0.15) is 6.33 Å². The number of carbonyl (C=O) groups excluding carboxylic acids is 2. The summed E-state index contributed by atoms with van der Waals surface area (Å²) in [6.07, 6.45) is 1.34. The monoisotopic (exact) mass is 277 g/mol. The van der Waals surface area contributed by atoms with Crippen molar-refractivity contribution < 1.29 is 14.7 Å². The van der Waals surface area contributed by atoms with Crippen molar-refractivity contribution in [3.05, 3.63) is 36.2 Å². The highest BCUT2D eigenvalue weighted by Crippen LogP contribution is 2.16. The summed E-state index contributed by atoms with van der Waals surface area (Å²) >= 11 is 1.16. The molecule has 8 heteroatoms. The first-order chi connectivity index (χ1) is 9.16. The van der Waals surface area contributed by atoms with Crippen molar-refractivity contribution in [2.45, 2.75) is 5.16 Å². The van der Waals surface area contributed by atoms with Crippen molar-refractivity contribution in [2.24, 2.45) is 0 Å². The number of aromatic carboxylic acids is 1. The maximum atomic E-state index is 11.7. The zero-order valence-corrected chi connectivity index (χ0v) is 10.4. The van der Waals surface area contributed by atoms with Crippen LogP contribution in [0.5, 0.6) is 0 Å². The largest absolute Gasteiger partial charge is 0.545 e. The van der Waals surface area contributed by atoms with Gasteiger partial charge in [-0.25, -0.2) is 4.98 Å². The Morgan fingerprint density at radius 1 is 1.37 bits per heavy atom. The number of hydrogen-bond donors (Lipinski definition) is 2. The minimum atomic E-state index is -1.33. The summed E-state index contributed by atoms with van der Waals surface area (Å²) in [5.74, 6) is -1.58. The standard InChI is InChI=1S/C11H10N4O3S/c16-9(5-19-11-12-6-13-15-11)14-8-4-2-1-3-7(8)10(17)18/h1-4,6H,5H2,(H,14,16)(H,17,18)(H,12,13,15)/p-1. The zero-order valence-electron chi connectivity index (χ0n) is 9.62. The van der Waals surface area contributed by atoms with E-state index in [1.807, 2.05) is 0 Å². The third kappa shape index (κ3) is 3.55. The van der Waals surface area contributed by atoms with Crippen LogP contribution >= 0.6 is 11.8 Å². The molecule has 0 unspecified atom stereocenters. The fourth-order valence-electron chi connectivity index (χ4n) is 1.35. The summed E-state index contributed by atoms with van der Waals surface area (Å²) in [6.45, 7) is 0. The van der Waals surface area contributed by atoms with Crippen LogP contribution in [-0.2, 0) is 4.79 Å². The molecule has 2 rings (SSSR count). The lowest BCUT2D eigenvalue weighted by atomic mass is 10.2. The van der Waals surface area contributed by atoms with E-state index in [-0.39, 0.29) is 22.9 Å². The number of nitrogens with zero attached hydrogens (tertiary/aromatic N) is 2. The SMILES string of the molecule is O=C(CSc1ncn[nH]1)Nc1ccccc1C(=O)[O-]. The quantitative estimate of drug-likeness (QED) is 0.738. The van der Waals surface area contributed by atoms with Crippen LogP contribution in [0.2, 0.25) is 0 Å². The Balaban J connectivity index is 1.97. The van der Waals surface area contributed by atoms with Gasteiger partial charge < -0.3 is 15.2 Å². The lowest BCUT2D eigenvalue weighted by Gasteiger charge is -2.10. The molecule has 0 bridgehead atoms. The molecule has 1 amide bonds. The van der Waals surface area contributed by atoms with E-state index in [9.17, 15) is 14.7 Å². The predicted octanol–water partition coefficient (Wildman–Crippen LogP) is -0.101. The third-order valence-corrected chi connectivity index (χ3v) is 3.03. The number of carbonyl (C=O) groups is 2. The highest BCUT2D eigenvalue weighted by molar-refractivity contribution is 7.99. The molecule has 19 heavy (non-hydrogen) atoms. The molecule has 2 aromatic rings. The number of carboxylic acid groups (broad SMARTS) is 1. The van der Waals surface area contributed by atoms with Crippen LogP contribution in [0.1, 0.15) is 10.4 Å². The second kappa shape index (κ2) is 6.01. The number of para-hydroxylation sites is 1. The highest BCUT2D eigenvalue weighted by atomic mass is 32.2. The van der Waals surface area contributed by atoms with E-state index in [4.69, 9.17) is 0 Å². The number of H-pyrrole nitrogens is 1. The summed E-state index contributed by atoms with van der Waals surface area (Å²) in [5, 5.41) is 20.1. The molecule has 2 N–H and O–H groups in total. The van der Waals surface area contributed by atoms with Crippen molar-refractivity contribution in [3.8, 4) is 0 Å². The molecule has 0 saturated heterocycles. The lowest BCUT2D eigenvalue weighted by molar-refractivity contribution is -0.254.